The van der Waals surface area contributed by atoms with Gasteiger partial charge in [-0.25, -0.2) is 0 Å². The zero-order valence-corrected chi connectivity index (χ0v) is 19.0. The van der Waals surface area contributed by atoms with Crippen LogP contribution >= 0.6 is 0 Å². The monoisotopic (exact) mass is 440 g/mol. The third-order valence-corrected chi connectivity index (χ3v) is 5.82. The van der Waals surface area contributed by atoms with E-state index in [4.69, 9.17) is 0 Å². The average Bonchev–Trinajstić information content (AvgIpc) is 2.87. The number of aromatic nitrogens is 1. The van der Waals surface area contributed by atoms with Crippen LogP contribution in [0.5, 0.6) is 0 Å². The summed E-state index contributed by atoms with van der Waals surface area (Å²) in [5.41, 5.74) is 4.53. The number of pyridine rings is 1. The van der Waals surface area contributed by atoms with Crippen molar-refractivity contribution in [3.63, 3.8) is 0 Å². The van der Waals surface area contributed by atoms with Crippen molar-refractivity contribution < 1.29 is 4.79 Å². The molecule has 0 bridgehead atoms. The Morgan fingerprint density at radius 3 is 2.55 bits per heavy atom. The van der Waals surface area contributed by atoms with Crippen LogP contribution < -0.4 is 10.6 Å². The highest BCUT2D eigenvalue weighted by Crippen LogP contribution is 2.20. The first-order valence-corrected chi connectivity index (χ1v) is 11.8. The molecule has 0 saturated carbocycles. The van der Waals surface area contributed by atoms with Crippen LogP contribution in [0.25, 0.3) is 12.2 Å². The van der Waals surface area contributed by atoms with Gasteiger partial charge in [-0.2, -0.15) is 0 Å². The number of piperidine rings is 1. The van der Waals surface area contributed by atoms with Crippen LogP contribution in [0.1, 0.15) is 47.3 Å². The average molecular weight is 441 g/mol. The molecule has 5 heteroatoms. The summed E-state index contributed by atoms with van der Waals surface area (Å²) >= 11 is 0. The Morgan fingerprint density at radius 1 is 0.909 bits per heavy atom. The van der Waals surface area contributed by atoms with E-state index in [1.807, 2.05) is 66.7 Å². The minimum Gasteiger partial charge on any atom is -0.355 e. The fourth-order valence-electron chi connectivity index (χ4n) is 4.07. The van der Waals surface area contributed by atoms with Crippen molar-refractivity contribution in [1.29, 1.82) is 0 Å². The van der Waals surface area contributed by atoms with Gasteiger partial charge in [0.2, 0.25) is 0 Å². The lowest BCUT2D eigenvalue weighted by atomic mass is 10.1. The SMILES string of the molecule is O=C(NCCCN1CCCCC1)c1cccc(Nc2cccc(/C=C/c3ccccn3)c2)c1. The molecule has 2 N–H and O–H groups in total. The van der Waals surface area contributed by atoms with E-state index in [0.29, 0.717) is 12.1 Å². The number of carbonyl (C=O) groups is 1. The highest BCUT2D eigenvalue weighted by molar-refractivity contribution is 5.95. The Balaban J connectivity index is 1.30. The molecule has 3 aromatic rings. The molecule has 0 unspecified atom stereocenters. The van der Waals surface area contributed by atoms with Gasteiger partial charge in [0.15, 0.2) is 0 Å². The summed E-state index contributed by atoms with van der Waals surface area (Å²) < 4.78 is 0. The lowest BCUT2D eigenvalue weighted by Gasteiger charge is -2.26. The number of rotatable bonds is 9. The number of anilines is 2. The highest BCUT2D eigenvalue weighted by Gasteiger charge is 2.10. The number of nitrogens with zero attached hydrogens (tertiary/aromatic N) is 2. The quantitative estimate of drug-likeness (QED) is 0.425. The summed E-state index contributed by atoms with van der Waals surface area (Å²) in [6.45, 7) is 4.16. The predicted molar refractivity (Wildman–Crippen MR) is 137 cm³/mol. The minimum absolute atomic E-state index is 0.0238. The first kappa shape index (κ1) is 22.7. The zero-order chi connectivity index (χ0) is 22.7. The Kier molecular flexibility index (Phi) is 8.25. The molecule has 0 spiro atoms. The lowest BCUT2D eigenvalue weighted by molar-refractivity contribution is 0.0951. The van der Waals surface area contributed by atoms with Crippen molar-refractivity contribution in [2.75, 3.05) is 31.5 Å². The molecule has 0 atom stereocenters. The molecule has 5 nitrogen and oxygen atoms in total. The number of benzene rings is 2. The highest BCUT2D eigenvalue weighted by atomic mass is 16.1. The number of hydrogen-bond donors (Lipinski definition) is 2. The Bertz CT molecular complexity index is 1060. The summed E-state index contributed by atoms with van der Waals surface area (Å²) in [6, 6.07) is 21.7. The van der Waals surface area contributed by atoms with Gasteiger partial charge in [-0.15, -0.1) is 0 Å². The second-order valence-electron chi connectivity index (χ2n) is 8.43. The van der Waals surface area contributed by atoms with Crippen molar-refractivity contribution in [3.8, 4) is 0 Å². The number of nitrogens with one attached hydrogen (secondary N) is 2. The van der Waals surface area contributed by atoms with Crippen molar-refractivity contribution >= 4 is 29.4 Å². The van der Waals surface area contributed by atoms with E-state index < -0.39 is 0 Å². The normalized spacial score (nSPS) is 14.3. The second kappa shape index (κ2) is 12.0. The van der Waals surface area contributed by atoms with Gasteiger partial charge in [-0.3, -0.25) is 9.78 Å². The molecule has 0 aliphatic carbocycles. The van der Waals surface area contributed by atoms with Gasteiger partial charge in [0.1, 0.15) is 0 Å². The predicted octanol–water partition coefficient (Wildman–Crippen LogP) is 5.60. The maximum absolute atomic E-state index is 12.6. The molecule has 1 aromatic heterocycles. The van der Waals surface area contributed by atoms with Gasteiger partial charge in [-0.05, 0) is 93.0 Å². The van der Waals surface area contributed by atoms with E-state index >= 15 is 0 Å². The zero-order valence-electron chi connectivity index (χ0n) is 19.0. The molecule has 1 saturated heterocycles. The van der Waals surface area contributed by atoms with Crippen LogP contribution in [0.2, 0.25) is 0 Å². The van der Waals surface area contributed by atoms with Crippen LogP contribution in [-0.4, -0.2) is 42.0 Å². The van der Waals surface area contributed by atoms with Crippen molar-refractivity contribution in [1.82, 2.24) is 15.2 Å². The third-order valence-electron chi connectivity index (χ3n) is 5.82. The first-order chi connectivity index (χ1) is 16.3. The first-order valence-electron chi connectivity index (χ1n) is 11.8. The minimum atomic E-state index is -0.0238. The maximum Gasteiger partial charge on any atom is 0.251 e. The second-order valence-corrected chi connectivity index (χ2v) is 8.43. The van der Waals surface area contributed by atoms with Gasteiger partial charge in [-0.1, -0.05) is 36.8 Å². The number of amides is 1. The van der Waals surface area contributed by atoms with E-state index in [9.17, 15) is 4.79 Å². The van der Waals surface area contributed by atoms with Gasteiger partial charge in [0, 0.05) is 29.7 Å². The molecule has 4 rings (SSSR count). The van der Waals surface area contributed by atoms with Crippen molar-refractivity contribution in [3.05, 3.63) is 89.7 Å². The molecule has 0 radical (unpaired) electrons. The summed E-state index contributed by atoms with van der Waals surface area (Å²) in [5, 5.41) is 6.47. The summed E-state index contributed by atoms with van der Waals surface area (Å²) in [5.74, 6) is -0.0238. The van der Waals surface area contributed by atoms with Crippen LogP contribution in [0.15, 0.2) is 72.9 Å². The smallest absolute Gasteiger partial charge is 0.251 e. The van der Waals surface area contributed by atoms with Crippen LogP contribution in [-0.2, 0) is 0 Å². The molecule has 2 heterocycles. The Morgan fingerprint density at radius 2 is 1.73 bits per heavy atom. The third kappa shape index (κ3) is 7.29. The van der Waals surface area contributed by atoms with E-state index in [1.165, 1.54) is 32.4 Å². The van der Waals surface area contributed by atoms with Crippen LogP contribution in [0, 0.1) is 0 Å². The molecule has 1 aliphatic rings. The van der Waals surface area contributed by atoms with Crippen molar-refractivity contribution in [2.24, 2.45) is 0 Å². The topological polar surface area (TPSA) is 57.3 Å². The fraction of sp³-hybridized carbons (Fsp3) is 0.286. The summed E-state index contributed by atoms with van der Waals surface area (Å²) in [6.07, 6.45) is 10.8. The van der Waals surface area contributed by atoms with E-state index in [1.54, 1.807) is 6.20 Å². The molecule has 1 aliphatic heterocycles. The van der Waals surface area contributed by atoms with Gasteiger partial charge in [0.05, 0.1) is 5.69 Å². The summed E-state index contributed by atoms with van der Waals surface area (Å²) in [7, 11) is 0. The molecule has 170 valence electrons. The number of likely N-dealkylation sites (tertiary alicyclic amines) is 1. The Labute approximate surface area is 196 Å². The van der Waals surface area contributed by atoms with E-state index in [2.05, 4.69) is 32.7 Å². The maximum atomic E-state index is 12.6. The molecular formula is C28H32N4O. The lowest BCUT2D eigenvalue weighted by Crippen LogP contribution is -2.33. The standard InChI is InChI=1S/C28H32N4O/c33-28(30-17-8-20-32-18-4-1-5-19-32)24-10-7-13-27(22-24)31-26-12-6-9-23(21-26)14-15-25-11-2-3-16-29-25/h2-3,6-7,9-16,21-22,31H,1,4-5,8,17-20H2,(H,30,33)/b15-14+. The van der Waals surface area contributed by atoms with Gasteiger partial charge < -0.3 is 15.5 Å². The largest absolute Gasteiger partial charge is 0.355 e. The molecule has 33 heavy (non-hydrogen) atoms. The molecule has 1 fully saturated rings. The van der Waals surface area contributed by atoms with Crippen molar-refractivity contribution in [2.45, 2.75) is 25.7 Å². The number of carbonyl (C=O) groups excluding carboxylic acids is 1. The van der Waals surface area contributed by atoms with Gasteiger partial charge in [0.25, 0.3) is 5.91 Å². The fourth-order valence-corrected chi connectivity index (χ4v) is 4.07. The number of hydrogen-bond acceptors (Lipinski definition) is 4. The van der Waals surface area contributed by atoms with E-state index in [-0.39, 0.29) is 5.91 Å². The molecule has 1 amide bonds. The Hall–Kier alpha value is -3.44. The van der Waals surface area contributed by atoms with Gasteiger partial charge >= 0.3 is 0 Å². The van der Waals surface area contributed by atoms with E-state index in [0.717, 1.165) is 35.6 Å². The summed E-state index contributed by atoms with van der Waals surface area (Å²) in [4.78, 5) is 19.4. The van der Waals surface area contributed by atoms with Crippen LogP contribution in [0.4, 0.5) is 11.4 Å². The molecule has 2 aromatic carbocycles. The van der Waals surface area contributed by atoms with Crippen LogP contribution in [0.3, 0.4) is 0 Å². The molecular weight excluding hydrogens is 408 g/mol.